The summed E-state index contributed by atoms with van der Waals surface area (Å²) in [7, 11) is 0. The van der Waals surface area contributed by atoms with Crippen molar-refractivity contribution in [2.24, 2.45) is 29.6 Å². The van der Waals surface area contributed by atoms with Crippen molar-refractivity contribution in [2.45, 2.75) is 94.0 Å². The zero-order valence-corrected chi connectivity index (χ0v) is 22.3. The Kier molecular flexibility index (Phi) is 13.8. The lowest BCUT2D eigenvalue weighted by atomic mass is 9.88. The maximum atomic E-state index is 2.73. The summed E-state index contributed by atoms with van der Waals surface area (Å²) in [6.07, 6.45) is 5.57. The highest BCUT2D eigenvalue weighted by Crippen LogP contribution is 2.24. The second-order valence-electron chi connectivity index (χ2n) is 11.3. The molecule has 30 heavy (non-hydrogen) atoms. The lowest BCUT2D eigenvalue weighted by Gasteiger charge is -2.47. The first-order valence-electron chi connectivity index (χ1n) is 13.4. The van der Waals surface area contributed by atoms with Gasteiger partial charge in [0.2, 0.25) is 0 Å². The molecule has 0 N–H and O–H groups in total. The van der Waals surface area contributed by atoms with Gasteiger partial charge in [-0.3, -0.25) is 4.90 Å². The lowest BCUT2D eigenvalue weighted by molar-refractivity contribution is 0.0140. The Bertz CT molecular complexity index is 398. The van der Waals surface area contributed by atoms with Crippen LogP contribution < -0.4 is 0 Å². The summed E-state index contributed by atoms with van der Waals surface area (Å²) in [5.41, 5.74) is 0. The van der Waals surface area contributed by atoms with Crippen molar-refractivity contribution in [3.05, 3.63) is 0 Å². The number of hydrogen-bond donors (Lipinski definition) is 0. The van der Waals surface area contributed by atoms with Crippen molar-refractivity contribution in [1.29, 1.82) is 0 Å². The molecule has 0 saturated carbocycles. The van der Waals surface area contributed by atoms with Crippen LogP contribution in [0.3, 0.4) is 0 Å². The number of piperidine rings is 1. The molecular weight excluding hydrogens is 366 g/mol. The standard InChI is InChI=1S/C14H28N2.C11H23N.C2H6/c1-12(2)4-7-15-10-14(11-15)16-8-5-13(3)6-9-16;1-9(2)5-6-12-7-11(8-12)10(3)4;1-2/h12-14H,4-11H2,1-3H3;9-11H,5-8H2,1-4H3;1-2H3. The van der Waals surface area contributed by atoms with Crippen molar-refractivity contribution >= 4 is 0 Å². The molecule has 3 heteroatoms. The molecule has 3 aliphatic rings. The molecule has 0 aromatic rings. The van der Waals surface area contributed by atoms with Crippen LogP contribution in [0.15, 0.2) is 0 Å². The minimum atomic E-state index is 0.856. The quantitative estimate of drug-likeness (QED) is 0.467. The zero-order chi connectivity index (χ0) is 22.7. The molecule has 0 unspecified atom stereocenters. The maximum Gasteiger partial charge on any atom is 0.0350 e. The van der Waals surface area contributed by atoms with E-state index in [4.69, 9.17) is 0 Å². The van der Waals surface area contributed by atoms with Gasteiger partial charge in [0.25, 0.3) is 0 Å². The fourth-order valence-electron chi connectivity index (χ4n) is 4.45. The number of likely N-dealkylation sites (tertiary alicyclic amines) is 3. The van der Waals surface area contributed by atoms with Gasteiger partial charge in [-0.25, -0.2) is 0 Å². The first kappa shape index (κ1) is 27.9. The summed E-state index contributed by atoms with van der Waals surface area (Å²) >= 11 is 0. The van der Waals surface area contributed by atoms with Gasteiger partial charge in [-0.05, 0) is 81.5 Å². The highest BCUT2D eigenvalue weighted by molar-refractivity contribution is 4.89. The van der Waals surface area contributed by atoms with E-state index in [1.54, 1.807) is 0 Å². The number of nitrogens with zero attached hydrogens (tertiary/aromatic N) is 3. The van der Waals surface area contributed by atoms with Crippen molar-refractivity contribution in [3.63, 3.8) is 0 Å². The van der Waals surface area contributed by atoms with Crippen LogP contribution in [0.25, 0.3) is 0 Å². The molecule has 0 amide bonds. The third kappa shape index (κ3) is 10.5. The summed E-state index contributed by atoms with van der Waals surface area (Å²) in [6.45, 7) is 31.0. The van der Waals surface area contributed by atoms with E-state index in [9.17, 15) is 0 Å². The van der Waals surface area contributed by atoms with E-state index in [-0.39, 0.29) is 0 Å². The molecule has 0 aromatic carbocycles. The Morgan fingerprint density at radius 1 is 0.700 bits per heavy atom. The molecule has 0 spiro atoms. The van der Waals surface area contributed by atoms with Crippen LogP contribution in [0.4, 0.5) is 0 Å². The number of hydrogen-bond acceptors (Lipinski definition) is 3. The molecule has 3 rings (SSSR count). The number of rotatable bonds is 8. The summed E-state index contributed by atoms with van der Waals surface area (Å²) in [4.78, 5) is 7.94. The highest BCUT2D eigenvalue weighted by Gasteiger charge is 2.32. The van der Waals surface area contributed by atoms with Gasteiger partial charge in [-0.2, -0.15) is 0 Å². The van der Waals surface area contributed by atoms with E-state index in [1.165, 1.54) is 78.0 Å². The third-order valence-corrected chi connectivity index (χ3v) is 7.25. The Hall–Kier alpha value is -0.120. The van der Waals surface area contributed by atoms with E-state index >= 15 is 0 Å². The fourth-order valence-corrected chi connectivity index (χ4v) is 4.45. The van der Waals surface area contributed by atoms with Crippen LogP contribution in [-0.4, -0.2) is 73.1 Å². The van der Waals surface area contributed by atoms with Gasteiger partial charge in [0.05, 0.1) is 0 Å². The normalized spacial score (nSPS) is 22.4. The predicted molar refractivity (Wildman–Crippen MR) is 135 cm³/mol. The third-order valence-electron chi connectivity index (χ3n) is 7.25. The van der Waals surface area contributed by atoms with Gasteiger partial charge >= 0.3 is 0 Å². The average molecular weight is 424 g/mol. The van der Waals surface area contributed by atoms with Crippen molar-refractivity contribution in [3.8, 4) is 0 Å². The summed E-state index contributed by atoms with van der Waals surface area (Å²) in [5, 5.41) is 0. The average Bonchev–Trinajstić information content (AvgIpc) is 2.62. The van der Waals surface area contributed by atoms with E-state index < -0.39 is 0 Å². The fraction of sp³-hybridized carbons (Fsp3) is 1.00. The summed E-state index contributed by atoms with van der Waals surface area (Å²) in [6, 6.07) is 0.889. The molecule has 3 aliphatic heterocycles. The molecule has 3 fully saturated rings. The first-order chi connectivity index (χ1) is 14.2. The Morgan fingerprint density at radius 3 is 1.53 bits per heavy atom. The smallest absolute Gasteiger partial charge is 0.0350 e. The molecule has 0 radical (unpaired) electrons. The monoisotopic (exact) mass is 423 g/mol. The SMILES string of the molecule is CC.CC(C)CCN1CC(C(C)C)C1.CC(C)CCN1CC(N2CCC(C)CC2)C1. The minimum absolute atomic E-state index is 0.856. The van der Waals surface area contributed by atoms with Gasteiger partial charge in [0, 0.05) is 32.2 Å². The van der Waals surface area contributed by atoms with Crippen LogP contribution in [0.1, 0.15) is 88.0 Å². The molecule has 180 valence electrons. The van der Waals surface area contributed by atoms with Crippen LogP contribution in [0.5, 0.6) is 0 Å². The topological polar surface area (TPSA) is 9.72 Å². The summed E-state index contributed by atoms with van der Waals surface area (Å²) < 4.78 is 0. The Labute approximate surface area is 191 Å². The van der Waals surface area contributed by atoms with Gasteiger partial charge in [-0.15, -0.1) is 0 Å². The van der Waals surface area contributed by atoms with Crippen LogP contribution >= 0.6 is 0 Å². The molecule has 0 aliphatic carbocycles. The van der Waals surface area contributed by atoms with Crippen LogP contribution in [-0.2, 0) is 0 Å². The Morgan fingerprint density at radius 2 is 1.13 bits per heavy atom. The molecule has 3 saturated heterocycles. The van der Waals surface area contributed by atoms with E-state index in [1.807, 2.05) is 13.8 Å². The zero-order valence-electron chi connectivity index (χ0n) is 22.3. The molecule has 3 nitrogen and oxygen atoms in total. The highest BCUT2D eigenvalue weighted by atomic mass is 15.3. The van der Waals surface area contributed by atoms with Gasteiger partial charge in [-0.1, -0.05) is 62.3 Å². The van der Waals surface area contributed by atoms with Crippen molar-refractivity contribution in [1.82, 2.24) is 14.7 Å². The molecule has 3 heterocycles. The minimum Gasteiger partial charge on any atom is -0.303 e. The Balaban J connectivity index is 0.000000287. The van der Waals surface area contributed by atoms with Crippen LogP contribution in [0.2, 0.25) is 0 Å². The van der Waals surface area contributed by atoms with E-state index in [0.29, 0.717) is 0 Å². The van der Waals surface area contributed by atoms with E-state index in [0.717, 1.165) is 35.6 Å². The molecule has 0 aromatic heterocycles. The van der Waals surface area contributed by atoms with Gasteiger partial charge in [0.15, 0.2) is 0 Å². The maximum absolute atomic E-state index is 2.73. The van der Waals surface area contributed by atoms with Crippen molar-refractivity contribution < 1.29 is 0 Å². The summed E-state index contributed by atoms with van der Waals surface area (Å²) in [5.74, 6) is 4.56. The van der Waals surface area contributed by atoms with Crippen molar-refractivity contribution in [2.75, 3.05) is 52.4 Å². The van der Waals surface area contributed by atoms with Crippen LogP contribution in [0, 0.1) is 29.6 Å². The molecule has 0 atom stereocenters. The first-order valence-corrected chi connectivity index (χ1v) is 13.4. The largest absolute Gasteiger partial charge is 0.303 e. The van der Waals surface area contributed by atoms with E-state index in [2.05, 4.69) is 63.2 Å². The second-order valence-corrected chi connectivity index (χ2v) is 11.3. The second kappa shape index (κ2) is 14.9. The predicted octanol–water partition coefficient (Wildman–Crippen LogP) is 6.10. The van der Waals surface area contributed by atoms with Gasteiger partial charge in [0.1, 0.15) is 0 Å². The lowest BCUT2D eigenvalue weighted by Crippen LogP contribution is -2.60. The molecule has 0 bridgehead atoms. The van der Waals surface area contributed by atoms with Gasteiger partial charge < -0.3 is 9.80 Å². The molecular formula is C27H57N3.